The first-order valence-electron chi connectivity index (χ1n) is 6.15. The van der Waals surface area contributed by atoms with Crippen molar-refractivity contribution in [3.05, 3.63) is 60.2 Å². The van der Waals surface area contributed by atoms with Crippen molar-refractivity contribution in [3.8, 4) is 11.1 Å². The number of hydrogen-bond acceptors (Lipinski definition) is 2. The van der Waals surface area contributed by atoms with E-state index in [1.165, 1.54) is 12.7 Å². The zero-order chi connectivity index (χ0) is 14.5. The average molecular weight is 398 g/mol. The Morgan fingerprint density at radius 1 is 0.950 bits per heavy atom. The molecule has 2 unspecified atom stereocenters. The summed E-state index contributed by atoms with van der Waals surface area (Å²) in [6, 6.07) is 18.3. The molecule has 2 atom stereocenters. The summed E-state index contributed by atoms with van der Waals surface area (Å²) in [6.07, 6.45) is 0. The number of alkyl halides is 2. The zero-order valence-corrected chi connectivity index (χ0v) is 14.1. The third kappa shape index (κ3) is 3.49. The predicted molar refractivity (Wildman–Crippen MR) is 88.3 cm³/mol. The Labute approximate surface area is 135 Å². The predicted octanol–water partition coefficient (Wildman–Crippen LogP) is 4.73. The normalized spacial score (nSPS) is 13.6. The molecule has 0 saturated carbocycles. The lowest BCUT2D eigenvalue weighted by molar-refractivity contribution is -0.139. The highest BCUT2D eigenvalue weighted by molar-refractivity contribution is 9.12. The topological polar surface area (TPSA) is 26.3 Å². The van der Waals surface area contributed by atoms with Gasteiger partial charge in [0.2, 0.25) is 0 Å². The Morgan fingerprint density at radius 2 is 1.50 bits per heavy atom. The molecule has 0 spiro atoms. The minimum absolute atomic E-state index is 0.125. The van der Waals surface area contributed by atoms with Gasteiger partial charge in [0.25, 0.3) is 0 Å². The maximum atomic E-state index is 11.5. The second kappa shape index (κ2) is 7.04. The molecule has 0 amide bonds. The first-order chi connectivity index (χ1) is 9.63. The molecule has 0 aliphatic carbocycles. The summed E-state index contributed by atoms with van der Waals surface area (Å²) in [5.41, 5.74) is 3.35. The third-order valence-corrected chi connectivity index (χ3v) is 5.69. The highest BCUT2D eigenvalue weighted by atomic mass is 79.9. The number of hydrogen-bond donors (Lipinski definition) is 0. The van der Waals surface area contributed by atoms with E-state index in [-0.39, 0.29) is 10.8 Å². The van der Waals surface area contributed by atoms with E-state index in [1.807, 2.05) is 30.3 Å². The van der Waals surface area contributed by atoms with Crippen LogP contribution in [-0.2, 0) is 9.53 Å². The van der Waals surface area contributed by atoms with Gasteiger partial charge in [0.05, 0.1) is 11.9 Å². The Balaban J connectivity index is 2.18. The molecule has 2 aromatic rings. The highest BCUT2D eigenvalue weighted by Gasteiger charge is 2.25. The van der Waals surface area contributed by atoms with E-state index >= 15 is 0 Å². The van der Waals surface area contributed by atoms with E-state index in [2.05, 4.69) is 56.1 Å². The first-order valence-corrected chi connectivity index (χ1v) is 7.98. The molecular formula is C16H14Br2O2. The number of esters is 1. The molecule has 0 radical (unpaired) electrons. The number of carbonyl (C=O) groups excluding carboxylic acids is 1. The van der Waals surface area contributed by atoms with Crippen molar-refractivity contribution in [2.75, 3.05) is 7.11 Å². The molecule has 0 aliphatic rings. The molecule has 2 rings (SSSR count). The van der Waals surface area contributed by atoms with E-state index in [0.29, 0.717) is 0 Å². The van der Waals surface area contributed by atoms with Gasteiger partial charge in [-0.2, -0.15) is 0 Å². The van der Waals surface area contributed by atoms with Gasteiger partial charge >= 0.3 is 5.97 Å². The number of rotatable bonds is 4. The van der Waals surface area contributed by atoms with Crippen LogP contribution in [0.1, 0.15) is 10.4 Å². The van der Waals surface area contributed by atoms with Gasteiger partial charge in [-0.05, 0) is 16.7 Å². The number of methoxy groups -OCH3 is 1. The highest BCUT2D eigenvalue weighted by Crippen LogP contribution is 2.33. The second-order valence-corrected chi connectivity index (χ2v) is 6.29. The lowest BCUT2D eigenvalue weighted by Crippen LogP contribution is -2.20. The maximum Gasteiger partial charge on any atom is 0.320 e. The van der Waals surface area contributed by atoms with E-state index in [9.17, 15) is 4.79 Å². The van der Waals surface area contributed by atoms with Gasteiger partial charge < -0.3 is 4.74 Å². The van der Waals surface area contributed by atoms with E-state index < -0.39 is 4.83 Å². The molecule has 0 aliphatic heterocycles. The standard InChI is InChI=1S/C16H14Br2O2/c1-20-16(19)15(18)14(17)13-9-7-12(8-10-13)11-5-3-2-4-6-11/h2-10,14-15H,1H3. The van der Waals surface area contributed by atoms with Crippen molar-refractivity contribution < 1.29 is 9.53 Å². The monoisotopic (exact) mass is 396 g/mol. The van der Waals surface area contributed by atoms with Crippen LogP contribution in [0.15, 0.2) is 54.6 Å². The molecule has 4 heteroatoms. The van der Waals surface area contributed by atoms with Gasteiger partial charge in [0.15, 0.2) is 0 Å². The minimum atomic E-state index is -0.407. The summed E-state index contributed by atoms with van der Waals surface area (Å²) in [5, 5.41) is 0. The molecule has 0 N–H and O–H groups in total. The Bertz CT molecular complexity index is 567. The van der Waals surface area contributed by atoms with E-state index in [1.54, 1.807) is 0 Å². The molecule has 0 heterocycles. The molecule has 0 bridgehead atoms. The molecular weight excluding hydrogens is 384 g/mol. The van der Waals surface area contributed by atoms with Crippen LogP contribution in [0.2, 0.25) is 0 Å². The van der Waals surface area contributed by atoms with Crippen LogP contribution in [0, 0.1) is 0 Å². The van der Waals surface area contributed by atoms with Crippen molar-refractivity contribution in [1.82, 2.24) is 0 Å². The minimum Gasteiger partial charge on any atom is -0.468 e. The van der Waals surface area contributed by atoms with Crippen LogP contribution in [0.5, 0.6) is 0 Å². The van der Waals surface area contributed by atoms with Crippen molar-refractivity contribution in [3.63, 3.8) is 0 Å². The smallest absolute Gasteiger partial charge is 0.320 e. The summed E-state index contributed by atoms with van der Waals surface area (Å²) in [5.74, 6) is -0.293. The van der Waals surface area contributed by atoms with Gasteiger partial charge in [0.1, 0.15) is 4.83 Å². The molecule has 20 heavy (non-hydrogen) atoms. The van der Waals surface area contributed by atoms with Crippen molar-refractivity contribution in [1.29, 1.82) is 0 Å². The van der Waals surface area contributed by atoms with Crippen molar-refractivity contribution in [2.24, 2.45) is 0 Å². The Hall–Kier alpha value is -1.13. The van der Waals surface area contributed by atoms with Crippen LogP contribution < -0.4 is 0 Å². The second-order valence-electron chi connectivity index (χ2n) is 4.31. The number of ether oxygens (including phenoxy) is 1. The van der Waals surface area contributed by atoms with Crippen LogP contribution in [-0.4, -0.2) is 17.9 Å². The number of halogens is 2. The van der Waals surface area contributed by atoms with E-state index in [0.717, 1.165) is 11.1 Å². The van der Waals surface area contributed by atoms with E-state index in [4.69, 9.17) is 4.74 Å². The van der Waals surface area contributed by atoms with Crippen LogP contribution in [0.3, 0.4) is 0 Å². The summed E-state index contributed by atoms with van der Waals surface area (Å²) >= 11 is 6.87. The van der Waals surface area contributed by atoms with Gasteiger partial charge in [0, 0.05) is 0 Å². The average Bonchev–Trinajstić information content (AvgIpc) is 2.53. The molecule has 104 valence electrons. The Morgan fingerprint density at radius 3 is 2.05 bits per heavy atom. The van der Waals surface area contributed by atoms with Crippen LogP contribution in [0.25, 0.3) is 11.1 Å². The Kier molecular flexibility index (Phi) is 5.38. The van der Waals surface area contributed by atoms with Crippen LogP contribution in [0.4, 0.5) is 0 Å². The fourth-order valence-electron chi connectivity index (χ4n) is 1.89. The lowest BCUT2D eigenvalue weighted by Gasteiger charge is -2.15. The molecule has 0 fully saturated rings. The number of benzene rings is 2. The fourth-order valence-corrected chi connectivity index (χ4v) is 2.90. The lowest BCUT2D eigenvalue weighted by atomic mass is 10.0. The molecule has 2 nitrogen and oxygen atoms in total. The summed E-state index contributed by atoms with van der Waals surface area (Å²) in [6.45, 7) is 0. The SMILES string of the molecule is COC(=O)C(Br)C(Br)c1ccc(-c2ccccc2)cc1. The van der Waals surface area contributed by atoms with Crippen molar-refractivity contribution >= 4 is 37.8 Å². The molecule has 2 aromatic carbocycles. The van der Waals surface area contributed by atoms with Gasteiger partial charge in [-0.15, -0.1) is 0 Å². The summed E-state index contributed by atoms with van der Waals surface area (Å²) < 4.78 is 4.73. The van der Waals surface area contributed by atoms with Gasteiger partial charge in [-0.3, -0.25) is 4.79 Å². The number of carbonyl (C=O) groups is 1. The van der Waals surface area contributed by atoms with Crippen molar-refractivity contribution in [2.45, 2.75) is 9.65 Å². The zero-order valence-electron chi connectivity index (χ0n) is 10.9. The maximum absolute atomic E-state index is 11.5. The summed E-state index contributed by atoms with van der Waals surface area (Å²) in [4.78, 5) is 11.0. The van der Waals surface area contributed by atoms with Crippen LogP contribution >= 0.6 is 31.9 Å². The third-order valence-electron chi connectivity index (χ3n) is 3.02. The molecule has 0 aromatic heterocycles. The van der Waals surface area contributed by atoms with Gasteiger partial charge in [-0.25, -0.2) is 0 Å². The largest absolute Gasteiger partial charge is 0.468 e. The molecule has 0 saturated heterocycles. The quantitative estimate of drug-likeness (QED) is 0.550. The fraction of sp³-hybridized carbons (Fsp3) is 0.188. The summed E-state index contributed by atoms with van der Waals surface area (Å²) in [7, 11) is 1.38. The van der Waals surface area contributed by atoms with Gasteiger partial charge in [-0.1, -0.05) is 86.5 Å². The first kappa shape index (κ1) is 15.3.